The molecule has 0 spiro atoms. The van der Waals surface area contributed by atoms with E-state index in [0.717, 1.165) is 45.6 Å². The second-order valence-corrected chi connectivity index (χ2v) is 7.81. The summed E-state index contributed by atoms with van der Waals surface area (Å²) < 4.78 is 0. The van der Waals surface area contributed by atoms with E-state index in [1.807, 2.05) is 6.92 Å². The number of carboxylic acids is 1. The molecule has 1 heterocycles. The second-order valence-electron chi connectivity index (χ2n) is 7.81. The van der Waals surface area contributed by atoms with Gasteiger partial charge in [-0.25, -0.2) is 0 Å². The third kappa shape index (κ3) is 4.66. The van der Waals surface area contributed by atoms with Crippen LogP contribution in [0.4, 0.5) is 0 Å². The number of aliphatic carboxylic acids is 1. The minimum absolute atomic E-state index is 0.231. The molecule has 0 aromatic rings. The lowest BCUT2D eigenvalue weighted by atomic mass is 9.97. The van der Waals surface area contributed by atoms with Gasteiger partial charge in [0.1, 0.15) is 5.54 Å². The predicted octanol–water partition coefficient (Wildman–Crippen LogP) is 1.39. The van der Waals surface area contributed by atoms with Crippen molar-refractivity contribution in [3.63, 3.8) is 0 Å². The first kappa shape index (κ1) is 16.7. The van der Waals surface area contributed by atoms with Crippen LogP contribution in [-0.4, -0.2) is 70.7 Å². The van der Waals surface area contributed by atoms with Crippen LogP contribution in [0.3, 0.4) is 0 Å². The molecule has 1 atom stereocenters. The molecule has 2 rings (SSSR count). The summed E-state index contributed by atoms with van der Waals surface area (Å²) in [6, 6.07) is 0.420. The number of piperazine rings is 1. The van der Waals surface area contributed by atoms with Gasteiger partial charge in [-0.3, -0.25) is 15.0 Å². The average molecular weight is 297 g/mol. The van der Waals surface area contributed by atoms with Crippen molar-refractivity contribution in [1.82, 2.24) is 15.1 Å². The van der Waals surface area contributed by atoms with Crippen molar-refractivity contribution in [3.05, 3.63) is 0 Å². The number of nitrogens with zero attached hydrogens (tertiary/aromatic N) is 2. The number of hydrogen-bond donors (Lipinski definition) is 2. The van der Waals surface area contributed by atoms with Gasteiger partial charge in [0.05, 0.1) is 0 Å². The van der Waals surface area contributed by atoms with Crippen LogP contribution in [0.5, 0.6) is 0 Å². The summed E-state index contributed by atoms with van der Waals surface area (Å²) >= 11 is 0. The molecule has 1 unspecified atom stereocenters. The predicted molar refractivity (Wildman–Crippen MR) is 84.6 cm³/mol. The Balaban J connectivity index is 1.78. The van der Waals surface area contributed by atoms with Gasteiger partial charge in [0.2, 0.25) is 0 Å². The minimum Gasteiger partial charge on any atom is -0.480 e. The summed E-state index contributed by atoms with van der Waals surface area (Å²) in [4.78, 5) is 16.5. The maximum atomic E-state index is 11.6. The van der Waals surface area contributed by atoms with Crippen LogP contribution in [0.25, 0.3) is 0 Å². The molecule has 2 aliphatic rings. The average Bonchev–Trinajstić information content (AvgIpc) is 3.19. The SMILES string of the molecule is CC(CCN1CCN(C(C)(C)C)CC1)(NC1CC1)C(=O)O. The Hall–Kier alpha value is -0.650. The van der Waals surface area contributed by atoms with Crippen molar-refractivity contribution in [2.75, 3.05) is 32.7 Å². The first-order chi connectivity index (χ1) is 9.71. The Morgan fingerprint density at radius 2 is 1.71 bits per heavy atom. The van der Waals surface area contributed by atoms with Gasteiger partial charge in [0.15, 0.2) is 0 Å². The molecule has 5 heteroatoms. The second kappa shape index (κ2) is 6.23. The van der Waals surface area contributed by atoms with Crippen molar-refractivity contribution in [2.24, 2.45) is 0 Å². The molecule has 0 aromatic carbocycles. The van der Waals surface area contributed by atoms with Crippen molar-refractivity contribution < 1.29 is 9.90 Å². The Bertz CT molecular complexity index is 368. The molecule has 2 N–H and O–H groups in total. The summed E-state index contributed by atoms with van der Waals surface area (Å²) in [5.74, 6) is -0.720. The molecule has 5 nitrogen and oxygen atoms in total. The molecule has 122 valence electrons. The summed E-state index contributed by atoms with van der Waals surface area (Å²) in [5, 5.41) is 12.8. The van der Waals surface area contributed by atoms with E-state index in [2.05, 4.69) is 35.9 Å². The maximum Gasteiger partial charge on any atom is 0.323 e. The van der Waals surface area contributed by atoms with Crippen molar-refractivity contribution >= 4 is 5.97 Å². The number of carbonyl (C=O) groups is 1. The van der Waals surface area contributed by atoms with Gasteiger partial charge in [0.25, 0.3) is 0 Å². The van der Waals surface area contributed by atoms with Crippen LogP contribution >= 0.6 is 0 Å². The van der Waals surface area contributed by atoms with Crippen molar-refractivity contribution in [2.45, 2.75) is 64.1 Å². The highest BCUT2D eigenvalue weighted by Gasteiger charge is 2.38. The van der Waals surface area contributed by atoms with Crippen LogP contribution in [0, 0.1) is 0 Å². The van der Waals surface area contributed by atoms with E-state index in [1.165, 1.54) is 0 Å². The van der Waals surface area contributed by atoms with Crippen LogP contribution in [0.15, 0.2) is 0 Å². The molecular weight excluding hydrogens is 266 g/mol. The van der Waals surface area contributed by atoms with E-state index in [9.17, 15) is 9.90 Å². The van der Waals surface area contributed by atoms with E-state index in [0.29, 0.717) is 12.5 Å². The fraction of sp³-hybridized carbons (Fsp3) is 0.938. The zero-order valence-corrected chi connectivity index (χ0v) is 14.0. The van der Waals surface area contributed by atoms with E-state index < -0.39 is 11.5 Å². The molecule has 1 saturated heterocycles. The Labute approximate surface area is 128 Å². The summed E-state index contributed by atoms with van der Waals surface area (Å²) in [7, 11) is 0. The zero-order valence-electron chi connectivity index (χ0n) is 14.0. The van der Waals surface area contributed by atoms with Gasteiger partial charge >= 0.3 is 5.97 Å². The smallest absolute Gasteiger partial charge is 0.323 e. The fourth-order valence-corrected chi connectivity index (χ4v) is 2.94. The van der Waals surface area contributed by atoms with Crippen LogP contribution in [-0.2, 0) is 4.79 Å². The summed E-state index contributed by atoms with van der Waals surface area (Å²) in [6.45, 7) is 13.7. The van der Waals surface area contributed by atoms with Gasteiger partial charge in [-0.1, -0.05) is 0 Å². The van der Waals surface area contributed by atoms with E-state index >= 15 is 0 Å². The molecule has 0 amide bonds. The van der Waals surface area contributed by atoms with E-state index in [1.54, 1.807) is 0 Å². The molecule has 0 radical (unpaired) electrons. The summed E-state index contributed by atoms with van der Waals surface area (Å²) in [5.41, 5.74) is -0.544. The maximum absolute atomic E-state index is 11.6. The highest BCUT2D eigenvalue weighted by atomic mass is 16.4. The Morgan fingerprint density at radius 3 is 2.14 bits per heavy atom. The van der Waals surface area contributed by atoms with E-state index in [4.69, 9.17) is 0 Å². The molecular formula is C16H31N3O2. The lowest BCUT2D eigenvalue weighted by molar-refractivity contribution is -0.144. The lowest BCUT2D eigenvalue weighted by Gasteiger charge is -2.42. The molecule has 0 bridgehead atoms. The van der Waals surface area contributed by atoms with Gasteiger partial charge in [0, 0.05) is 44.3 Å². The molecule has 21 heavy (non-hydrogen) atoms. The standard InChI is InChI=1S/C16H31N3O2/c1-15(2,3)19-11-9-18(10-12-19)8-7-16(4,14(20)21)17-13-5-6-13/h13,17H,5-12H2,1-4H3,(H,20,21). The van der Waals surface area contributed by atoms with Gasteiger partial charge < -0.3 is 10.0 Å². The normalized spacial score (nSPS) is 24.8. The monoisotopic (exact) mass is 297 g/mol. The van der Waals surface area contributed by atoms with Gasteiger partial charge in [-0.2, -0.15) is 0 Å². The minimum atomic E-state index is -0.775. The fourth-order valence-electron chi connectivity index (χ4n) is 2.94. The van der Waals surface area contributed by atoms with Crippen molar-refractivity contribution in [3.8, 4) is 0 Å². The van der Waals surface area contributed by atoms with Crippen LogP contribution in [0.1, 0.15) is 47.0 Å². The van der Waals surface area contributed by atoms with E-state index in [-0.39, 0.29) is 5.54 Å². The van der Waals surface area contributed by atoms with Crippen LogP contribution < -0.4 is 5.32 Å². The first-order valence-electron chi connectivity index (χ1n) is 8.19. The Morgan fingerprint density at radius 1 is 1.14 bits per heavy atom. The lowest BCUT2D eigenvalue weighted by Crippen LogP contribution is -2.56. The number of nitrogens with one attached hydrogen (secondary N) is 1. The topological polar surface area (TPSA) is 55.8 Å². The highest BCUT2D eigenvalue weighted by Crippen LogP contribution is 2.25. The van der Waals surface area contributed by atoms with Gasteiger partial charge in [-0.15, -0.1) is 0 Å². The zero-order chi connectivity index (χ0) is 15.7. The number of hydrogen-bond acceptors (Lipinski definition) is 4. The molecule has 1 aliphatic heterocycles. The van der Waals surface area contributed by atoms with Gasteiger partial charge in [-0.05, 0) is 47.0 Å². The first-order valence-corrected chi connectivity index (χ1v) is 8.19. The molecule has 1 saturated carbocycles. The number of rotatable bonds is 6. The highest BCUT2D eigenvalue weighted by molar-refractivity contribution is 5.78. The molecule has 2 fully saturated rings. The molecule has 1 aliphatic carbocycles. The van der Waals surface area contributed by atoms with Crippen molar-refractivity contribution in [1.29, 1.82) is 0 Å². The summed E-state index contributed by atoms with van der Waals surface area (Å²) in [6.07, 6.45) is 2.91. The largest absolute Gasteiger partial charge is 0.480 e. The molecule has 0 aromatic heterocycles. The van der Waals surface area contributed by atoms with Crippen LogP contribution in [0.2, 0.25) is 0 Å². The quantitative estimate of drug-likeness (QED) is 0.776. The third-order valence-electron chi connectivity index (χ3n) is 4.82. The number of carboxylic acid groups (broad SMARTS) is 1. The Kier molecular flexibility index (Phi) is 4.96. The third-order valence-corrected chi connectivity index (χ3v) is 4.82.